The zero-order valence-corrected chi connectivity index (χ0v) is 9.30. The van der Waals surface area contributed by atoms with Crippen LogP contribution in [0.4, 0.5) is 0 Å². The fourth-order valence-electron chi connectivity index (χ4n) is 0.902. The van der Waals surface area contributed by atoms with Gasteiger partial charge in [0.15, 0.2) is 5.03 Å². The molecule has 1 rings (SSSR count). The summed E-state index contributed by atoms with van der Waals surface area (Å²) in [4.78, 5) is 3.86. The van der Waals surface area contributed by atoms with Gasteiger partial charge in [-0.1, -0.05) is 0 Å². The van der Waals surface area contributed by atoms with Gasteiger partial charge in [-0.25, -0.2) is 18.1 Å². The summed E-state index contributed by atoms with van der Waals surface area (Å²) in [5, 5.41) is 6.84. The lowest BCUT2D eigenvalue weighted by molar-refractivity contribution is 0.582. The van der Waals surface area contributed by atoms with Crippen LogP contribution in [0.5, 0.6) is 0 Å². The molecular weight excluding hydrogens is 218 g/mol. The Morgan fingerprint density at radius 3 is 2.73 bits per heavy atom. The fraction of sp³-hybridized carbons (Fsp3) is 0.429. The summed E-state index contributed by atoms with van der Waals surface area (Å²) < 4.78 is 26.9. The number of aromatic nitrogens is 2. The van der Waals surface area contributed by atoms with Gasteiger partial charge in [-0.05, 0) is 6.92 Å². The molecule has 0 radical (unpaired) electrons. The average Bonchev–Trinajstić information content (AvgIpc) is 2.45. The van der Waals surface area contributed by atoms with Gasteiger partial charge in [0, 0.05) is 13.2 Å². The number of amidine groups is 1. The summed E-state index contributed by atoms with van der Waals surface area (Å²) in [6.07, 6.45) is 1.40. The van der Waals surface area contributed by atoms with Crippen molar-refractivity contribution in [2.75, 3.05) is 6.54 Å². The molecule has 1 aromatic heterocycles. The smallest absolute Gasteiger partial charge is 0.259 e. The Morgan fingerprint density at radius 1 is 1.73 bits per heavy atom. The Hall–Kier alpha value is -1.41. The maximum atomic E-state index is 11.6. The fourth-order valence-corrected chi connectivity index (χ4v) is 1.95. The van der Waals surface area contributed by atoms with Crippen molar-refractivity contribution < 1.29 is 8.42 Å². The van der Waals surface area contributed by atoms with E-state index in [-0.39, 0.29) is 17.4 Å². The highest BCUT2D eigenvalue weighted by molar-refractivity contribution is 7.89. The van der Waals surface area contributed by atoms with E-state index in [0.29, 0.717) is 5.82 Å². The van der Waals surface area contributed by atoms with Crippen molar-refractivity contribution in [3.63, 3.8) is 0 Å². The Bertz CT molecular complexity index is 456. The van der Waals surface area contributed by atoms with E-state index in [0.717, 1.165) is 0 Å². The molecule has 0 fully saturated rings. The molecule has 0 aliphatic rings. The first-order valence-corrected chi connectivity index (χ1v) is 5.64. The van der Waals surface area contributed by atoms with Crippen LogP contribution in [-0.4, -0.2) is 30.3 Å². The molecule has 84 valence electrons. The lowest BCUT2D eigenvalue weighted by atomic mass is 10.6. The Morgan fingerprint density at radius 2 is 2.33 bits per heavy atom. The van der Waals surface area contributed by atoms with E-state index in [1.165, 1.54) is 6.20 Å². The van der Waals surface area contributed by atoms with Gasteiger partial charge in [0.1, 0.15) is 11.7 Å². The predicted octanol–water partition coefficient (Wildman–Crippen LogP) is -1.06. The minimum Gasteiger partial charge on any atom is -0.387 e. The average molecular weight is 231 g/mol. The highest BCUT2D eigenvalue weighted by Gasteiger charge is 2.17. The van der Waals surface area contributed by atoms with Crippen LogP contribution in [0.1, 0.15) is 5.82 Å². The summed E-state index contributed by atoms with van der Waals surface area (Å²) in [5.74, 6) is 0.351. The van der Waals surface area contributed by atoms with E-state index in [4.69, 9.17) is 11.1 Å². The van der Waals surface area contributed by atoms with Crippen LogP contribution in [0.3, 0.4) is 0 Å². The number of sulfonamides is 1. The molecule has 4 N–H and O–H groups in total. The van der Waals surface area contributed by atoms with E-state index in [1.807, 2.05) is 0 Å². The van der Waals surface area contributed by atoms with E-state index >= 15 is 0 Å². The molecule has 1 aromatic rings. The molecule has 0 aliphatic heterocycles. The molecule has 1 heterocycles. The van der Waals surface area contributed by atoms with E-state index in [1.54, 1.807) is 18.5 Å². The molecule has 0 atom stereocenters. The zero-order chi connectivity index (χ0) is 11.6. The van der Waals surface area contributed by atoms with Gasteiger partial charge in [-0.2, -0.15) is 0 Å². The van der Waals surface area contributed by atoms with Crippen molar-refractivity contribution in [1.29, 1.82) is 5.41 Å². The van der Waals surface area contributed by atoms with Crippen LogP contribution < -0.4 is 10.5 Å². The largest absolute Gasteiger partial charge is 0.387 e. The molecule has 0 saturated heterocycles. The first-order chi connectivity index (χ1) is 6.83. The number of nitrogens with two attached hydrogens (primary N) is 1. The molecule has 7 nitrogen and oxygen atoms in total. The molecule has 0 spiro atoms. The maximum Gasteiger partial charge on any atom is 0.259 e. The van der Waals surface area contributed by atoms with Gasteiger partial charge in [0.05, 0.1) is 6.54 Å². The van der Waals surface area contributed by atoms with Gasteiger partial charge < -0.3 is 10.3 Å². The quantitative estimate of drug-likeness (QED) is 0.452. The molecule has 0 unspecified atom stereocenters. The number of nitrogens with zero attached hydrogens (tertiary/aromatic N) is 2. The monoisotopic (exact) mass is 231 g/mol. The number of nitrogens with one attached hydrogen (secondary N) is 2. The molecule has 15 heavy (non-hydrogen) atoms. The summed E-state index contributed by atoms with van der Waals surface area (Å²) in [5.41, 5.74) is 5.04. The van der Waals surface area contributed by atoms with Crippen molar-refractivity contribution in [2.45, 2.75) is 11.9 Å². The molecule has 0 aromatic carbocycles. The van der Waals surface area contributed by atoms with Crippen LogP contribution in [-0.2, 0) is 17.1 Å². The van der Waals surface area contributed by atoms with Crippen LogP contribution in [0.15, 0.2) is 11.2 Å². The zero-order valence-electron chi connectivity index (χ0n) is 8.48. The van der Waals surface area contributed by atoms with Crippen molar-refractivity contribution in [1.82, 2.24) is 14.3 Å². The van der Waals surface area contributed by atoms with Gasteiger partial charge >= 0.3 is 0 Å². The topological polar surface area (TPSA) is 114 Å². The lowest BCUT2D eigenvalue weighted by Crippen LogP contribution is -2.33. The molecule has 0 bridgehead atoms. The third kappa shape index (κ3) is 2.77. The highest BCUT2D eigenvalue weighted by Crippen LogP contribution is 2.06. The van der Waals surface area contributed by atoms with E-state index in [2.05, 4.69) is 9.71 Å². The maximum absolute atomic E-state index is 11.6. The number of imidazole rings is 1. The van der Waals surface area contributed by atoms with Gasteiger partial charge in [-0.15, -0.1) is 0 Å². The number of rotatable bonds is 4. The number of hydrogen-bond donors (Lipinski definition) is 3. The minimum atomic E-state index is -3.66. The summed E-state index contributed by atoms with van der Waals surface area (Å²) >= 11 is 0. The van der Waals surface area contributed by atoms with Crippen molar-refractivity contribution in [2.24, 2.45) is 12.8 Å². The Labute approximate surface area is 87.9 Å². The summed E-state index contributed by atoms with van der Waals surface area (Å²) in [7, 11) is -1.96. The van der Waals surface area contributed by atoms with E-state index in [9.17, 15) is 8.42 Å². The SMILES string of the molecule is Cc1nc(S(=O)(=O)NCC(=N)N)cn1C. The minimum absolute atomic E-state index is 0.0660. The normalized spacial score (nSPS) is 11.6. The summed E-state index contributed by atoms with van der Waals surface area (Å²) in [6.45, 7) is 1.49. The van der Waals surface area contributed by atoms with Crippen molar-refractivity contribution in [3.8, 4) is 0 Å². The Balaban J connectivity index is 2.91. The second-order valence-corrected chi connectivity index (χ2v) is 4.80. The van der Waals surface area contributed by atoms with Crippen LogP contribution >= 0.6 is 0 Å². The molecule has 8 heteroatoms. The Kier molecular flexibility index (Phi) is 3.10. The number of aryl methyl sites for hydroxylation is 2. The van der Waals surface area contributed by atoms with Crippen LogP contribution in [0.2, 0.25) is 0 Å². The van der Waals surface area contributed by atoms with Gasteiger partial charge in [0.2, 0.25) is 0 Å². The van der Waals surface area contributed by atoms with E-state index < -0.39 is 10.0 Å². The highest BCUT2D eigenvalue weighted by atomic mass is 32.2. The first-order valence-electron chi connectivity index (χ1n) is 4.15. The predicted molar refractivity (Wildman–Crippen MR) is 55.0 cm³/mol. The summed E-state index contributed by atoms with van der Waals surface area (Å²) in [6, 6.07) is 0. The van der Waals surface area contributed by atoms with Gasteiger partial charge in [-0.3, -0.25) is 5.41 Å². The lowest BCUT2D eigenvalue weighted by Gasteiger charge is -2.01. The third-order valence-electron chi connectivity index (χ3n) is 1.81. The second-order valence-electron chi connectivity index (χ2n) is 3.09. The van der Waals surface area contributed by atoms with Crippen LogP contribution in [0.25, 0.3) is 0 Å². The van der Waals surface area contributed by atoms with Gasteiger partial charge in [0.25, 0.3) is 10.0 Å². The van der Waals surface area contributed by atoms with Crippen molar-refractivity contribution >= 4 is 15.9 Å². The molecule has 0 saturated carbocycles. The van der Waals surface area contributed by atoms with Crippen molar-refractivity contribution in [3.05, 3.63) is 12.0 Å². The molecule has 0 amide bonds. The van der Waals surface area contributed by atoms with Crippen LogP contribution in [0, 0.1) is 12.3 Å². The standard InChI is InChI=1S/C7H13N5O2S/c1-5-11-7(4-12(5)2)15(13,14)10-3-6(8)9/h4,10H,3H2,1-2H3,(H3,8,9). The molecular formula is C7H13N5O2S. The second kappa shape index (κ2) is 3.99. The third-order valence-corrected chi connectivity index (χ3v) is 3.09. The molecule has 0 aliphatic carbocycles. The first kappa shape index (κ1) is 11.7. The number of hydrogen-bond acceptors (Lipinski definition) is 4.